The second kappa shape index (κ2) is 3.59. The lowest BCUT2D eigenvalue weighted by molar-refractivity contribution is 0.691. The highest BCUT2D eigenvalue weighted by molar-refractivity contribution is 8.08. The number of halogens is 1. The lowest BCUT2D eigenvalue weighted by Crippen LogP contribution is -1.78. The SMILES string of the molecule is O=Nc1ccc(S(=O)Cl)cc1. The van der Waals surface area contributed by atoms with Crippen molar-refractivity contribution in [2.75, 3.05) is 0 Å². The number of nitroso groups, excluding NO2 is 1. The lowest BCUT2D eigenvalue weighted by Gasteiger charge is -1.91. The highest BCUT2D eigenvalue weighted by Crippen LogP contribution is 2.15. The van der Waals surface area contributed by atoms with Gasteiger partial charge in [-0.1, -0.05) is 0 Å². The zero-order valence-electron chi connectivity index (χ0n) is 5.36. The maximum absolute atomic E-state index is 10.6. The molecule has 0 saturated carbocycles. The van der Waals surface area contributed by atoms with Crippen molar-refractivity contribution in [3.63, 3.8) is 0 Å². The van der Waals surface area contributed by atoms with Crippen LogP contribution >= 0.6 is 10.7 Å². The van der Waals surface area contributed by atoms with E-state index in [1.807, 2.05) is 0 Å². The van der Waals surface area contributed by atoms with Gasteiger partial charge in [-0.2, -0.15) is 0 Å². The molecule has 0 aromatic heterocycles. The van der Waals surface area contributed by atoms with Gasteiger partial charge in [0.2, 0.25) is 0 Å². The fraction of sp³-hybridized carbons (Fsp3) is 0. The van der Waals surface area contributed by atoms with Crippen molar-refractivity contribution in [2.45, 2.75) is 4.90 Å². The molecule has 0 N–H and O–H groups in total. The second-order valence-corrected chi connectivity index (χ2v) is 3.57. The average Bonchev–Trinajstić information content (AvgIpc) is 2.05. The number of hydrogen-bond acceptors (Lipinski definition) is 3. The topological polar surface area (TPSA) is 46.5 Å². The number of nitrogens with zero attached hydrogens (tertiary/aromatic N) is 1. The minimum Gasteiger partial charge on any atom is -0.237 e. The zero-order valence-corrected chi connectivity index (χ0v) is 6.93. The normalized spacial score (nSPS) is 12.5. The van der Waals surface area contributed by atoms with Crippen LogP contribution in [0.4, 0.5) is 5.69 Å². The Morgan fingerprint density at radius 2 is 1.82 bits per heavy atom. The smallest absolute Gasteiger partial charge is 0.147 e. The molecule has 58 valence electrons. The van der Waals surface area contributed by atoms with E-state index in [2.05, 4.69) is 5.18 Å². The summed E-state index contributed by atoms with van der Waals surface area (Å²) in [6.45, 7) is 0. The van der Waals surface area contributed by atoms with Crippen LogP contribution in [0, 0.1) is 4.91 Å². The molecule has 0 radical (unpaired) electrons. The summed E-state index contributed by atoms with van der Waals surface area (Å²) in [6.07, 6.45) is 0. The Bertz CT molecular complexity index is 285. The van der Waals surface area contributed by atoms with Gasteiger partial charge in [-0.3, -0.25) is 0 Å². The van der Waals surface area contributed by atoms with E-state index in [0.29, 0.717) is 10.6 Å². The first kappa shape index (κ1) is 8.36. The molecule has 1 atom stereocenters. The Hall–Kier alpha value is -0.740. The third kappa shape index (κ3) is 2.10. The molecule has 1 rings (SSSR count). The molecule has 0 fully saturated rings. The van der Waals surface area contributed by atoms with Crippen molar-refractivity contribution in [3.8, 4) is 0 Å². The summed E-state index contributed by atoms with van der Waals surface area (Å²) < 4.78 is 10.6. The fourth-order valence-electron chi connectivity index (χ4n) is 0.614. The van der Waals surface area contributed by atoms with Gasteiger partial charge in [0, 0.05) is 0 Å². The van der Waals surface area contributed by atoms with Gasteiger partial charge < -0.3 is 0 Å². The van der Waals surface area contributed by atoms with Crippen LogP contribution in [0.2, 0.25) is 0 Å². The van der Waals surface area contributed by atoms with Crippen LogP contribution in [0.3, 0.4) is 0 Å². The molecular formula is C6H4ClNO2S. The third-order valence-electron chi connectivity index (χ3n) is 1.13. The van der Waals surface area contributed by atoms with Crippen LogP contribution in [0.1, 0.15) is 0 Å². The Balaban J connectivity index is 3.00. The molecule has 0 aliphatic heterocycles. The number of benzene rings is 1. The van der Waals surface area contributed by atoms with E-state index in [1.54, 1.807) is 0 Å². The maximum atomic E-state index is 10.6. The molecule has 1 aromatic carbocycles. The van der Waals surface area contributed by atoms with Gasteiger partial charge in [-0.15, -0.1) is 4.91 Å². The molecule has 0 spiro atoms. The van der Waals surface area contributed by atoms with Crippen LogP contribution < -0.4 is 0 Å². The van der Waals surface area contributed by atoms with Gasteiger partial charge >= 0.3 is 0 Å². The third-order valence-corrected chi connectivity index (χ3v) is 2.30. The largest absolute Gasteiger partial charge is 0.237 e. The highest BCUT2D eigenvalue weighted by atomic mass is 35.7. The predicted molar refractivity (Wildman–Crippen MR) is 44.2 cm³/mol. The highest BCUT2D eigenvalue weighted by Gasteiger charge is 1.98. The maximum Gasteiger partial charge on any atom is 0.147 e. The Morgan fingerprint density at radius 3 is 2.18 bits per heavy atom. The van der Waals surface area contributed by atoms with Gasteiger partial charge in [0.15, 0.2) is 0 Å². The molecule has 0 aliphatic carbocycles. The van der Waals surface area contributed by atoms with Crippen molar-refractivity contribution >= 4 is 26.4 Å². The van der Waals surface area contributed by atoms with E-state index in [-0.39, 0.29) is 0 Å². The van der Waals surface area contributed by atoms with E-state index in [4.69, 9.17) is 10.7 Å². The van der Waals surface area contributed by atoms with E-state index in [9.17, 15) is 9.12 Å². The van der Waals surface area contributed by atoms with Crippen LogP contribution in [0.5, 0.6) is 0 Å². The van der Waals surface area contributed by atoms with Gasteiger partial charge in [0.05, 0.1) is 4.90 Å². The summed E-state index contributed by atoms with van der Waals surface area (Å²) in [5.41, 5.74) is 0.302. The summed E-state index contributed by atoms with van der Waals surface area (Å²) in [6, 6.07) is 5.92. The Labute approximate surface area is 70.3 Å². The van der Waals surface area contributed by atoms with Gasteiger partial charge in [-0.25, -0.2) is 4.21 Å². The molecule has 3 nitrogen and oxygen atoms in total. The standard InChI is InChI=1S/C6H4ClNO2S/c7-11(10)6-3-1-5(8-9)2-4-6/h1-4H. The summed E-state index contributed by atoms with van der Waals surface area (Å²) in [5.74, 6) is 0. The molecule has 0 amide bonds. The minimum absolute atomic E-state index is 0.302. The molecule has 0 saturated heterocycles. The van der Waals surface area contributed by atoms with E-state index in [1.165, 1.54) is 24.3 Å². The zero-order chi connectivity index (χ0) is 8.27. The quantitative estimate of drug-likeness (QED) is 0.530. The molecular weight excluding hydrogens is 186 g/mol. The van der Waals surface area contributed by atoms with Crippen LogP contribution in [-0.2, 0) is 10.0 Å². The van der Waals surface area contributed by atoms with Crippen molar-refractivity contribution in [1.82, 2.24) is 0 Å². The van der Waals surface area contributed by atoms with Gasteiger partial charge in [0.1, 0.15) is 15.7 Å². The van der Waals surface area contributed by atoms with E-state index < -0.39 is 10.0 Å². The van der Waals surface area contributed by atoms with Crippen LogP contribution in [0.15, 0.2) is 34.3 Å². The van der Waals surface area contributed by atoms with Crippen LogP contribution in [0.25, 0.3) is 0 Å². The summed E-state index contributed by atoms with van der Waals surface area (Å²) >= 11 is 0. The first-order valence-corrected chi connectivity index (χ1v) is 4.73. The molecule has 0 heterocycles. The average molecular weight is 190 g/mol. The Morgan fingerprint density at radius 1 is 1.27 bits per heavy atom. The molecule has 1 aromatic rings. The summed E-state index contributed by atoms with van der Waals surface area (Å²) in [5, 5.41) is 2.68. The first-order chi connectivity index (χ1) is 5.24. The summed E-state index contributed by atoms with van der Waals surface area (Å²) in [4.78, 5) is 10.4. The number of hydrogen-bond donors (Lipinski definition) is 0. The van der Waals surface area contributed by atoms with Gasteiger partial charge in [0.25, 0.3) is 0 Å². The van der Waals surface area contributed by atoms with Gasteiger partial charge in [-0.05, 0) is 40.1 Å². The molecule has 5 heteroatoms. The second-order valence-electron chi connectivity index (χ2n) is 1.81. The number of rotatable bonds is 2. The molecule has 1 unspecified atom stereocenters. The fourth-order valence-corrected chi connectivity index (χ4v) is 1.27. The molecule has 0 bridgehead atoms. The lowest BCUT2D eigenvalue weighted by atomic mass is 10.3. The minimum atomic E-state index is -1.51. The van der Waals surface area contributed by atoms with E-state index >= 15 is 0 Å². The van der Waals surface area contributed by atoms with Crippen molar-refractivity contribution in [1.29, 1.82) is 0 Å². The van der Waals surface area contributed by atoms with Crippen molar-refractivity contribution in [2.24, 2.45) is 5.18 Å². The first-order valence-electron chi connectivity index (χ1n) is 2.75. The van der Waals surface area contributed by atoms with Crippen molar-refractivity contribution in [3.05, 3.63) is 29.2 Å². The molecule has 0 aliphatic rings. The van der Waals surface area contributed by atoms with Crippen molar-refractivity contribution < 1.29 is 4.21 Å². The predicted octanol–water partition coefficient (Wildman–Crippen LogP) is 2.35. The molecule has 11 heavy (non-hydrogen) atoms. The van der Waals surface area contributed by atoms with E-state index in [0.717, 1.165) is 0 Å². The van der Waals surface area contributed by atoms with Crippen LogP contribution in [-0.4, -0.2) is 4.21 Å². The Kier molecular flexibility index (Phi) is 2.73. The summed E-state index contributed by atoms with van der Waals surface area (Å²) in [7, 11) is 3.75. The monoisotopic (exact) mass is 189 g/mol.